The fourth-order valence-electron chi connectivity index (χ4n) is 5.32. The Morgan fingerprint density at radius 3 is 2.22 bits per heavy atom. The van der Waals surface area contributed by atoms with Crippen LogP contribution in [0.2, 0.25) is 0 Å². The number of rotatable bonds is 12. The molecule has 2 amide bonds. The molecule has 0 spiro atoms. The summed E-state index contributed by atoms with van der Waals surface area (Å²) >= 11 is 3.43. The standard InChI is InChI=1S/C32H38BrN3O4S/c1-2-30(32(38)34-27-16-8-4-9-17-27)35(22-21-25-13-6-3-7-14-25)31(37)24-36(28-18-12-15-26(33)23-28)41(39,40)29-19-10-5-11-20-29/h3,5-7,10-15,18-20,23,27,30H,2,4,8-9,16-17,21-22,24H2,1H3,(H,34,38)/t30-/m0/s1. The molecule has 1 aliphatic rings. The fraction of sp³-hybridized carbons (Fsp3) is 0.375. The molecule has 3 aromatic rings. The zero-order chi connectivity index (χ0) is 29.2. The Labute approximate surface area is 252 Å². The fourth-order valence-corrected chi connectivity index (χ4v) is 7.13. The lowest BCUT2D eigenvalue weighted by atomic mass is 9.95. The summed E-state index contributed by atoms with van der Waals surface area (Å²) in [6.45, 7) is 1.74. The number of amides is 2. The van der Waals surface area contributed by atoms with E-state index in [0.717, 1.165) is 35.6 Å². The number of halogens is 1. The number of hydrogen-bond acceptors (Lipinski definition) is 4. The third-order valence-electron chi connectivity index (χ3n) is 7.53. The minimum absolute atomic E-state index is 0.0886. The van der Waals surface area contributed by atoms with Gasteiger partial charge in [0.15, 0.2) is 0 Å². The maximum atomic E-state index is 14.1. The Hall–Kier alpha value is -3.17. The highest BCUT2D eigenvalue weighted by atomic mass is 79.9. The van der Waals surface area contributed by atoms with Gasteiger partial charge in [-0.3, -0.25) is 13.9 Å². The molecule has 0 aromatic heterocycles. The van der Waals surface area contributed by atoms with Crippen LogP contribution in [0.1, 0.15) is 51.0 Å². The van der Waals surface area contributed by atoms with Gasteiger partial charge >= 0.3 is 0 Å². The molecule has 1 saturated carbocycles. The SMILES string of the molecule is CC[C@@H](C(=O)NC1CCCCC1)N(CCc1ccccc1)C(=O)CN(c1cccc(Br)c1)S(=O)(=O)c1ccccc1. The first-order valence-electron chi connectivity index (χ1n) is 14.3. The van der Waals surface area contributed by atoms with Crippen molar-refractivity contribution in [2.24, 2.45) is 0 Å². The third kappa shape index (κ3) is 8.20. The van der Waals surface area contributed by atoms with E-state index in [4.69, 9.17) is 0 Å². The van der Waals surface area contributed by atoms with Gasteiger partial charge in [-0.2, -0.15) is 0 Å². The van der Waals surface area contributed by atoms with E-state index in [1.165, 1.54) is 18.6 Å². The lowest BCUT2D eigenvalue weighted by Crippen LogP contribution is -2.54. The number of carbonyl (C=O) groups is 2. The summed E-state index contributed by atoms with van der Waals surface area (Å²) in [5, 5.41) is 3.18. The second-order valence-corrected chi connectivity index (χ2v) is 13.2. The molecule has 4 rings (SSSR count). The first kappa shape index (κ1) is 30.8. The molecule has 3 aromatic carbocycles. The van der Waals surface area contributed by atoms with Gasteiger partial charge in [-0.15, -0.1) is 0 Å². The van der Waals surface area contributed by atoms with Crippen LogP contribution in [0.3, 0.4) is 0 Å². The van der Waals surface area contributed by atoms with E-state index in [2.05, 4.69) is 21.2 Å². The van der Waals surface area contributed by atoms with Crippen molar-refractivity contribution in [3.05, 3.63) is 95.0 Å². The van der Waals surface area contributed by atoms with E-state index in [1.807, 2.05) is 37.3 Å². The summed E-state index contributed by atoms with van der Waals surface area (Å²) in [5.74, 6) is -0.605. The van der Waals surface area contributed by atoms with Crippen LogP contribution in [0.5, 0.6) is 0 Å². The molecule has 0 unspecified atom stereocenters. The summed E-state index contributed by atoms with van der Waals surface area (Å²) in [7, 11) is -4.08. The van der Waals surface area contributed by atoms with Crippen LogP contribution in [0.4, 0.5) is 5.69 Å². The molecule has 1 aliphatic carbocycles. The molecule has 1 fully saturated rings. The van der Waals surface area contributed by atoms with E-state index in [0.29, 0.717) is 23.0 Å². The van der Waals surface area contributed by atoms with Gasteiger partial charge in [-0.1, -0.05) is 96.7 Å². The van der Waals surface area contributed by atoms with Gasteiger partial charge in [-0.05, 0) is 61.6 Å². The Morgan fingerprint density at radius 1 is 0.927 bits per heavy atom. The Kier molecular flexibility index (Phi) is 11.0. The van der Waals surface area contributed by atoms with E-state index in [9.17, 15) is 18.0 Å². The number of nitrogens with zero attached hydrogens (tertiary/aromatic N) is 2. The Morgan fingerprint density at radius 2 is 1.59 bits per heavy atom. The van der Waals surface area contributed by atoms with Crippen molar-refractivity contribution >= 4 is 43.5 Å². The third-order valence-corrected chi connectivity index (χ3v) is 9.81. The molecule has 0 saturated heterocycles. The molecular weight excluding hydrogens is 602 g/mol. The number of nitrogens with one attached hydrogen (secondary N) is 1. The van der Waals surface area contributed by atoms with E-state index in [1.54, 1.807) is 47.4 Å². The van der Waals surface area contributed by atoms with Gasteiger partial charge in [0, 0.05) is 17.1 Å². The van der Waals surface area contributed by atoms with Gasteiger partial charge in [0.2, 0.25) is 11.8 Å². The highest BCUT2D eigenvalue weighted by molar-refractivity contribution is 9.10. The van der Waals surface area contributed by atoms with Gasteiger partial charge in [0.25, 0.3) is 10.0 Å². The van der Waals surface area contributed by atoms with Crippen LogP contribution in [0.25, 0.3) is 0 Å². The van der Waals surface area contributed by atoms with Gasteiger partial charge in [-0.25, -0.2) is 8.42 Å². The van der Waals surface area contributed by atoms with E-state index in [-0.39, 0.29) is 23.4 Å². The molecule has 0 heterocycles. The summed E-state index contributed by atoms with van der Waals surface area (Å²) in [5.41, 5.74) is 1.40. The van der Waals surface area contributed by atoms with Crippen LogP contribution in [-0.4, -0.2) is 50.3 Å². The Balaban J connectivity index is 1.65. The monoisotopic (exact) mass is 639 g/mol. The van der Waals surface area contributed by atoms with Crippen molar-refractivity contribution in [2.45, 2.75) is 68.8 Å². The lowest BCUT2D eigenvalue weighted by molar-refractivity contribution is -0.140. The van der Waals surface area contributed by atoms with Crippen LogP contribution in [-0.2, 0) is 26.0 Å². The maximum absolute atomic E-state index is 14.1. The van der Waals surface area contributed by atoms with Gasteiger partial charge in [0.1, 0.15) is 12.6 Å². The molecule has 0 radical (unpaired) electrons. The van der Waals surface area contributed by atoms with Crippen molar-refractivity contribution in [1.82, 2.24) is 10.2 Å². The van der Waals surface area contributed by atoms with E-state index < -0.39 is 28.5 Å². The normalized spacial score (nSPS) is 14.7. The largest absolute Gasteiger partial charge is 0.352 e. The summed E-state index contributed by atoms with van der Waals surface area (Å²) in [6.07, 6.45) is 6.17. The molecule has 0 aliphatic heterocycles. The number of benzene rings is 3. The summed E-state index contributed by atoms with van der Waals surface area (Å²) < 4.78 is 29.6. The highest BCUT2D eigenvalue weighted by Gasteiger charge is 2.34. The van der Waals surface area contributed by atoms with Crippen LogP contribution >= 0.6 is 15.9 Å². The van der Waals surface area contributed by atoms with Crippen molar-refractivity contribution < 1.29 is 18.0 Å². The average molecular weight is 641 g/mol. The number of carbonyl (C=O) groups excluding carboxylic acids is 2. The van der Waals surface area contributed by atoms with Crippen LogP contribution < -0.4 is 9.62 Å². The average Bonchev–Trinajstić information content (AvgIpc) is 2.99. The van der Waals surface area contributed by atoms with Crippen LogP contribution in [0.15, 0.2) is 94.3 Å². The minimum Gasteiger partial charge on any atom is -0.352 e. The van der Waals surface area contributed by atoms with Gasteiger partial charge < -0.3 is 10.2 Å². The lowest BCUT2D eigenvalue weighted by Gasteiger charge is -2.34. The second kappa shape index (κ2) is 14.6. The molecular formula is C32H38BrN3O4S. The molecule has 1 atom stereocenters. The minimum atomic E-state index is -4.08. The molecule has 7 nitrogen and oxygen atoms in total. The molecule has 41 heavy (non-hydrogen) atoms. The molecule has 218 valence electrons. The highest BCUT2D eigenvalue weighted by Crippen LogP contribution is 2.27. The smallest absolute Gasteiger partial charge is 0.264 e. The zero-order valence-electron chi connectivity index (χ0n) is 23.4. The quantitative estimate of drug-likeness (QED) is 0.266. The van der Waals surface area contributed by atoms with E-state index >= 15 is 0 Å². The topological polar surface area (TPSA) is 86.8 Å². The second-order valence-electron chi connectivity index (χ2n) is 10.4. The summed E-state index contributed by atoms with van der Waals surface area (Å²) in [4.78, 5) is 29.4. The maximum Gasteiger partial charge on any atom is 0.264 e. The first-order chi connectivity index (χ1) is 19.8. The predicted octanol–water partition coefficient (Wildman–Crippen LogP) is 5.94. The molecule has 1 N–H and O–H groups in total. The Bertz CT molecular complexity index is 1400. The zero-order valence-corrected chi connectivity index (χ0v) is 25.8. The number of hydrogen-bond donors (Lipinski definition) is 1. The van der Waals surface area contributed by atoms with Gasteiger partial charge in [0.05, 0.1) is 10.6 Å². The summed E-state index contributed by atoms with van der Waals surface area (Å²) in [6, 6.07) is 24.1. The van der Waals surface area contributed by atoms with Crippen molar-refractivity contribution in [3.63, 3.8) is 0 Å². The number of sulfonamides is 1. The predicted molar refractivity (Wildman–Crippen MR) is 166 cm³/mol. The molecule has 0 bridgehead atoms. The van der Waals surface area contributed by atoms with Crippen molar-refractivity contribution in [3.8, 4) is 0 Å². The molecule has 9 heteroatoms. The van der Waals surface area contributed by atoms with Crippen LogP contribution in [0, 0.1) is 0 Å². The number of anilines is 1. The first-order valence-corrected chi connectivity index (χ1v) is 16.5. The van der Waals surface area contributed by atoms with Crippen molar-refractivity contribution in [2.75, 3.05) is 17.4 Å². The van der Waals surface area contributed by atoms with Crippen molar-refractivity contribution in [1.29, 1.82) is 0 Å².